The molecule has 0 aliphatic heterocycles. The van der Waals surface area contributed by atoms with Crippen LogP contribution in [0.1, 0.15) is 20.6 Å². The second-order valence-corrected chi connectivity index (χ2v) is 7.85. The second-order valence-electron chi connectivity index (χ2n) is 5.87. The van der Waals surface area contributed by atoms with Crippen LogP contribution in [0.2, 0.25) is 0 Å². The van der Waals surface area contributed by atoms with Crippen molar-refractivity contribution in [3.05, 3.63) is 69.9 Å². The smallest absolute Gasteiger partial charge is 0.196 e. The number of methoxy groups -OCH3 is 1. The Morgan fingerprint density at radius 1 is 1.19 bits per heavy atom. The molecule has 4 nitrogen and oxygen atoms in total. The Kier molecular flexibility index (Phi) is 4.71. The highest BCUT2D eigenvalue weighted by atomic mass is 32.1. The number of carbonyl (C=O) groups excluding carboxylic acids is 1. The van der Waals surface area contributed by atoms with Crippen LogP contribution in [0.3, 0.4) is 0 Å². The molecule has 0 saturated carbocycles. The molecule has 0 saturated heterocycles. The third-order valence-corrected chi connectivity index (χ3v) is 6.25. The molecule has 2 aromatic carbocycles. The lowest BCUT2D eigenvalue weighted by Gasteiger charge is -2.03. The summed E-state index contributed by atoms with van der Waals surface area (Å²) >= 11 is 2.75. The van der Waals surface area contributed by atoms with Gasteiger partial charge in [-0.1, -0.05) is 18.2 Å². The molecule has 2 heterocycles. The Morgan fingerprint density at radius 3 is 2.67 bits per heavy atom. The van der Waals surface area contributed by atoms with Gasteiger partial charge in [0.2, 0.25) is 0 Å². The van der Waals surface area contributed by atoms with Gasteiger partial charge in [0.25, 0.3) is 0 Å². The first-order chi connectivity index (χ1) is 13.2. The summed E-state index contributed by atoms with van der Waals surface area (Å²) in [6.45, 7) is 0. The molecule has 27 heavy (non-hydrogen) atoms. The Hall–Kier alpha value is -3.01. The number of aromatic nitrogens is 1. The average Bonchev–Trinajstić information content (AvgIpc) is 3.36. The van der Waals surface area contributed by atoms with Crippen LogP contribution in [-0.2, 0) is 0 Å². The van der Waals surface area contributed by atoms with Crippen molar-refractivity contribution in [1.29, 1.82) is 5.26 Å². The van der Waals surface area contributed by atoms with Crippen molar-refractivity contribution in [3.8, 4) is 23.1 Å². The van der Waals surface area contributed by atoms with Crippen LogP contribution in [0, 0.1) is 11.3 Å². The zero-order chi connectivity index (χ0) is 18.8. The highest BCUT2D eigenvalue weighted by Crippen LogP contribution is 2.32. The molecule has 2 aromatic heterocycles. The molecule has 0 radical (unpaired) electrons. The molecular weight excluding hydrogens is 376 g/mol. The number of nitriles is 1. The normalized spacial score (nSPS) is 11.9. The van der Waals surface area contributed by atoms with Crippen LogP contribution < -0.4 is 4.74 Å². The lowest BCUT2D eigenvalue weighted by atomic mass is 10.1. The first-order valence-corrected chi connectivity index (χ1v) is 9.91. The molecular formula is C21H14N2O2S2. The van der Waals surface area contributed by atoms with E-state index in [1.54, 1.807) is 7.11 Å². The fourth-order valence-electron chi connectivity index (χ4n) is 2.79. The topological polar surface area (TPSA) is 63.0 Å². The van der Waals surface area contributed by atoms with Gasteiger partial charge in [0, 0.05) is 15.6 Å². The predicted octanol–water partition coefficient (Wildman–Crippen LogP) is 5.52. The summed E-state index contributed by atoms with van der Waals surface area (Å²) in [5.41, 5.74) is 1.67. The molecule has 132 valence electrons. The SMILES string of the molecule is COc1ccc(-c2csc(C(C#N)C(=O)c3cc4ccccc4s3)n2)cc1. The zero-order valence-corrected chi connectivity index (χ0v) is 16.0. The van der Waals surface area contributed by atoms with E-state index in [1.165, 1.54) is 22.7 Å². The van der Waals surface area contributed by atoms with Gasteiger partial charge in [0.1, 0.15) is 10.8 Å². The number of ether oxygens (including phenoxy) is 1. The van der Waals surface area contributed by atoms with Crippen LogP contribution in [-0.4, -0.2) is 17.9 Å². The molecule has 4 aromatic rings. The van der Waals surface area contributed by atoms with Gasteiger partial charge in [-0.25, -0.2) is 4.98 Å². The number of thiophene rings is 1. The van der Waals surface area contributed by atoms with Crippen LogP contribution in [0.25, 0.3) is 21.3 Å². The van der Waals surface area contributed by atoms with E-state index >= 15 is 0 Å². The fraction of sp³-hybridized carbons (Fsp3) is 0.0952. The summed E-state index contributed by atoms with van der Waals surface area (Å²) in [7, 11) is 1.62. The summed E-state index contributed by atoms with van der Waals surface area (Å²) in [5.74, 6) is -0.326. The van der Waals surface area contributed by atoms with Crippen molar-refractivity contribution in [1.82, 2.24) is 4.98 Å². The number of thiazole rings is 1. The van der Waals surface area contributed by atoms with Crippen molar-refractivity contribution in [2.75, 3.05) is 7.11 Å². The average molecular weight is 390 g/mol. The monoisotopic (exact) mass is 390 g/mol. The number of Topliss-reactive ketones (excluding diaryl/α,β-unsaturated/α-hetero) is 1. The maximum Gasteiger partial charge on any atom is 0.196 e. The lowest BCUT2D eigenvalue weighted by Crippen LogP contribution is -2.09. The number of carbonyl (C=O) groups is 1. The third kappa shape index (κ3) is 3.35. The van der Waals surface area contributed by atoms with E-state index < -0.39 is 5.92 Å². The van der Waals surface area contributed by atoms with Gasteiger partial charge in [-0.3, -0.25) is 4.79 Å². The molecule has 0 N–H and O–H groups in total. The predicted molar refractivity (Wildman–Crippen MR) is 109 cm³/mol. The van der Waals surface area contributed by atoms with Gasteiger partial charge in [-0.15, -0.1) is 22.7 Å². The van der Waals surface area contributed by atoms with Crippen molar-refractivity contribution >= 4 is 38.5 Å². The Balaban J connectivity index is 1.63. The van der Waals surface area contributed by atoms with E-state index in [9.17, 15) is 10.1 Å². The highest BCUT2D eigenvalue weighted by molar-refractivity contribution is 7.21. The summed E-state index contributed by atoms with van der Waals surface area (Å²) in [6.07, 6.45) is 0. The summed E-state index contributed by atoms with van der Waals surface area (Å²) in [4.78, 5) is 18.0. The number of benzene rings is 2. The van der Waals surface area contributed by atoms with E-state index in [2.05, 4.69) is 11.1 Å². The van der Waals surface area contributed by atoms with Crippen LogP contribution in [0.5, 0.6) is 5.75 Å². The molecule has 0 aliphatic carbocycles. The Morgan fingerprint density at radius 2 is 1.96 bits per heavy atom. The summed E-state index contributed by atoms with van der Waals surface area (Å²) in [5, 5.41) is 13.0. The number of rotatable bonds is 5. The zero-order valence-electron chi connectivity index (χ0n) is 14.4. The van der Waals surface area contributed by atoms with E-state index in [-0.39, 0.29) is 5.78 Å². The van der Waals surface area contributed by atoms with E-state index in [4.69, 9.17) is 4.74 Å². The fourth-order valence-corrected chi connectivity index (χ4v) is 4.69. The Labute approximate surface area is 164 Å². The molecule has 0 amide bonds. The molecule has 1 atom stereocenters. The Bertz CT molecular complexity index is 1120. The van der Waals surface area contributed by atoms with Crippen molar-refractivity contribution < 1.29 is 9.53 Å². The molecule has 6 heteroatoms. The molecule has 0 spiro atoms. The van der Waals surface area contributed by atoms with Gasteiger partial charge in [0.15, 0.2) is 11.7 Å². The highest BCUT2D eigenvalue weighted by Gasteiger charge is 2.26. The van der Waals surface area contributed by atoms with Gasteiger partial charge in [-0.05, 0) is 41.8 Å². The molecule has 0 bridgehead atoms. The first-order valence-electron chi connectivity index (χ1n) is 8.22. The van der Waals surface area contributed by atoms with Gasteiger partial charge in [0.05, 0.1) is 23.8 Å². The van der Waals surface area contributed by atoms with E-state index in [0.29, 0.717) is 9.88 Å². The standard InChI is InChI=1S/C21H14N2O2S2/c1-25-15-8-6-13(7-9-15)17-12-26-21(23-17)16(11-22)20(24)19-10-14-4-2-3-5-18(14)27-19/h2-10,12,16H,1H3. The second kappa shape index (κ2) is 7.31. The van der Waals surface area contributed by atoms with Gasteiger partial charge in [-0.2, -0.15) is 5.26 Å². The number of nitrogens with zero attached hydrogens (tertiary/aromatic N) is 2. The maximum absolute atomic E-state index is 12.9. The minimum atomic E-state index is -0.893. The maximum atomic E-state index is 12.9. The summed E-state index contributed by atoms with van der Waals surface area (Å²) < 4.78 is 6.20. The quantitative estimate of drug-likeness (QED) is 0.421. The number of ketones is 1. The summed E-state index contributed by atoms with van der Waals surface area (Å²) in [6, 6.07) is 19.3. The van der Waals surface area contributed by atoms with Crippen LogP contribution in [0.4, 0.5) is 0 Å². The number of fused-ring (bicyclic) bond motifs is 1. The number of hydrogen-bond acceptors (Lipinski definition) is 6. The minimum Gasteiger partial charge on any atom is -0.497 e. The van der Waals surface area contributed by atoms with Gasteiger partial charge >= 0.3 is 0 Å². The third-order valence-electron chi connectivity index (χ3n) is 4.21. The molecule has 1 unspecified atom stereocenters. The largest absolute Gasteiger partial charge is 0.497 e. The lowest BCUT2D eigenvalue weighted by molar-refractivity contribution is 0.0983. The van der Waals surface area contributed by atoms with E-state index in [0.717, 1.165) is 27.1 Å². The van der Waals surface area contributed by atoms with Crippen LogP contribution in [0.15, 0.2) is 60.0 Å². The van der Waals surface area contributed by atoms with Crippen molar-refractivity contribution in [3.63, 3.8) is 0 Å². The molecule has 4 rings (SSSR count). The van der Waals surface area contributed by atoms with Crippen molar-refractivity contribution in [2.24, 2.45) is 0 Å². The molecule has 0 aliphatic rings. The number of hydrogen-bond donors (Lipinski definition) is 0. The van der Waals surface area contributed by atoms with E-state index in [1.807, 2.05) is 60.0 Å². The van der Waals surface area contributed by atoms with Crippen molar-refractivity contribution in [2.45, 2.75) is 5.92 Å². The molecule has 0 fully saturated rings. The van der Waals surface area contributed by atoms with Gasteiger partial charge < -0.3 is 4.74 Å². The first kappa shape index (κ1) is 17.4. The minimum absolute atomic E-state index is 0.200. The van der Waals surface area contributed by atoms with Crippen LogP contribution >= 0.6 is 22.7 Å².